The van der Waals surface area contributed by atoms with E-state index in [1.54, 1.807) is 6.20 Å². The summed E-state index contributed by atoms with van der Waals surface area (Å²) in [6.07, 6.45) is 3.17. The van der Waals surface area contributed by atoms with Crippen LogP contribution in [0.5, 0.6) is 0 Å². The first-order chi connectivity index (χ1) is 7.58. The number of nitrogen functional groups attached to an aromatic ring is 1. The summed E-state index contributed by atoms with van der Waals surface area (Å²) in [6.45, 7) is 1.84. The first kappa shape index (κ1) is 10.2. The topological polar surface area (TPSA) is 99.8 Å². The van der Waals surface area contributed by atoms with E-state index in [4.69, 9.17) is 11.5 Å². The lowest BCUT2D eigenvalue weighted by atomic mass is 10.2. The number of pyridine rings is 1. The first-order valence-electron chi connectivity index (χ1n) is 4.66. The number of nitrogens with two attached hydrogens (primary N) is 2. The molecular weight excluding hydrogens is 206 g/mol. The predicted molar refractivity (Wildman–Crippen MR) is 59.0 cm³/mol. The van der Waals surface area contributed by atoms with E-state index >= 15 is 0 Å². The van der Waals surface area contributed by atoms with Gasteiger partial charge in [-0.1, -0.05) is 0 Å². The van der Waals surface area contributed by atoms with E-state index in [0.29, 0.717) is 11.5 Å². The van der Waals surface area contributed by atoms with Crippen molar-refractivity contribution in [2.45, 2.75) is 6.92 Å². The fraction of sp³-hybridized carbons (Fsp3) is 0.100. The highest BCUT2D eigenvalue weighted by Gasteiger charge is 2.12. The van der Waals surface area contributed by atoms with Crippen LogP contribution in [0.1, 0.15) is 16.1 Å². The van der Waals surface area contributed by atoms with Crippen LogP contribution < -0.4 is 11.5 Å². The normalized spacial score (nSPS) is 10.3. The van der Waals surface area contributed by atoms with Gasteiger partial charge >= 0.3 is 0 Å². The number of rotatable bonds is 2. The van der Waals surface area contributed by atoms with E-state index in [1.165, 1.54) is 16.9 Å². The highest BCUT2D eigenvalue weighted by Crippen LogP contribution is 2.14. The molecule has 0 spiro atoms. The number of aromatic nitrogens is 3. The number of hydrogen-bond donors (Lipinski definition) is 2. The van der Waals surface area contributed by atoms with Crippen LogP contribution in [-0.2, 0) is 0 Å². The Bertz CT molecular complexity index is 546. The average Bonchev–Trinajstić information content (AvgIpc) is 2.64. The Morgan fingerprint density at radius 3 is 2.81 bits per heavy atom. The summed E-state index contributed by atoms with van der Waals surface area (Å²) in [5.41, 5.74) is 12.3. The zero-order chi connectivity index (χ0) is 11.7. The summed E-state index contributed by atoms with van der Waals surface area (Å²) in [7, 11) is 0. The maximum atomic E-state index is 11.2. The van der Waals surface area contributed by atoms with Gasteiger partial charge < -0.3 is 11.5 Å². The predicted octanol–water partition coefficient (Wildman–Crippen LogP) is 0.257. The van der Waals surface area contributed by atoms with Crippen molar-refractivity contribution < 1.29 is 4.79 Å². The number of amides is 1. The molecule has 0 aromatic carbocycles. The van der Waals surface area contributed by atoms with Crippen molar-refractivity contribution in [2.75, 3.05) is 5.73 Å². The molecule has 6 heteroatoms. The second-order valence-corrected chi connectivity index (χ2v) is 3.41. The van der Waals surface area contributed by atoms with E-state index in [9.17, 15) is 4.79 Å². The zero-order valence-electron chi connectivity index (χ0n) is 8.71. The molecule has 2 heterocycles. The van der Waals surface area contributed by atoms with Gasteiger partial charge in [-0.15, -0.1) is 0 Å². The van der Waals surface area contributed by atoms with Crippen LogP contribution in [0.3, 0.4) is 0 Å². The Kier molecular flexibility index (Phi) is 2.32. The molecule has 82 valence electrons. The van der Waals surface area contributed by atoms with E-state index in [1.807, 2.05) is 13.0 Å². The lowest BCUT2D eigenvalue weighted by molar-refractivity contribution is 0.1000. The van der Waals surface area contributed by atoms with Crippen molar-refractivity contribution in [3.8, 4) is 5.82 Å². The SMILES string of the molecule is Cc1ccn(-c2ncc(N)cc2C(N)=O)n1. The Hall–Kier alpha value is -2.37. The molecule has 0 unspecified atom stereocenters. The van der Waals surface area contributed by atoms with E-state index in [-0.39, 0.29) is 5.56 Å². The van der Waals surface area contributed by atoms with Crippen LogP contribution in [0.4, 0.5) is 5.69 Å². The largest absolute Gasteiger partial charge is 0.397 e. The molecule has 0 saturated carbocycles. The van der Waals surface area contributed by atoms with Crippen LogP contribution in [0.2, 0.25) is 0 Å². The first-order valence-corrected chi connectivity index (χ1v) is 4.66. The van der Waals surface area contributed by atoms with Gasteiger partial charge in [-0.3, -0.25) is 4.79 Å². The molecule has 2 aromatic rings. The fourth-order valence-electron chi connectivity index (χ4n) is 1.37. The molecule has 0 fully saturated rings. The highest BCUT2D eigenvalue weighted by molar-refractivity contribution is 5.96. The number of nitrogens with zero attached hydrogens (tertiary/aromatic N) is 3. The second-order valence-electron chi connectivity index (χ2n) is 3.41. The van der Waals surface area contributed by atoms with Gasteiger partial charge in [-0.25, -0.2) is 9.67 Å². The van der Waals surface area contributed by atoms with Gasteiger partial charge in [0.25, 0.3) is 5.91 Å². The monoisotopic (exact) mass is 217 g/mol. The summed E-state index contributed by atoms with van der Waals surface area (Å²) in [5.74, 6) is -0.197. The molecule has 0 radical (unpaired) electrons. The lowest BCUT2D eigenvalue weighted by Crippen LogP contribution is -2.16. The van der Waals surface area contributed by atoms with Crippen molar-refractivity contribution in [2.24, 2.45) is 5.73 Å². The van der Waals surface area contributed by atoms with Gasteiger partial charge in [0, 0.05) is 6.20 Å². The molecule has 0 saturated heterocycles. The van der Waals surface area contributed by atoms with Gasteiger partial charge in [0.05, 0.1) is 23.1 Å². The molecule has 4 N–H and O–H groups in total. The number of primary amides is 1. The number of carbonyl (C=O) groups is 1. The van der Waals surface area contributed by atoms with Crippen LogP contribution in [0.25, 0.3) is 5.82 Å². The number of anilines is 1. The molecule has 16 heavy (non-hydrogen) atoms. The Morgan fingerprint density at radius 1 is 1.50 bits per heavy atom. The Balaban J connectivity index is 2.60. The van der Waals surface area contributed by atoms with Crippen molar-refractivity contribution >= 4 is 11.6 Å². The quantitative estimate of drug-likeness (QED) is 0.753. The van der Waals surface area contributed by atoms with Crippen molar-refractivity contribution in [3.63, 3.8) is 0 Å². The maximum Gasteiger partial charge on any atom is 0.252 e. The molecule has 0 aliphatic heterocycles. The summed E-state index contributed by atoms with van der Waals surface area (Å²) < 4.78 is 1.49. The number of carbonyl (C=O) groups excluding carboxylic acids is 1. The minimum absolute atomic E-state index is 0.253. The summed E-state index contributed by atoms with van der Waals surface area (Å²) >= 11 is 0. The molecule has 0 atom stereocenters. The molecule has 0 bridgehead atoms. The van der Waals surface area contributed by atoms with Crippen molar-refractivity contribution in [1.29, 1.82) is 0 Å². The van der Waals surface area contributed by atoms with Gasteiger partial charge in [0.15, 0.2) is 5.82 Å². The van der Waals surface area contributed by atoms with E-state index in [2.05, 4.69) is 10.1 Å². The molecule has 2 aromatic heterocycles. The molecule has 0 aliphatic rings. The smallest absolute Gasteiger partial charge is 0.252 e. The average molecular weight is 217 g/mol. The Labute approximate surface area is 91.9 Å². The van der Waals surface area contributed by atoms with Gasteiger partial charge in [-0.2, -0.15) is 5.10 Å². The van der Waals surface area contributed by atoms with Crippen molar-refractivity contribution in [3.05, 3.63) is 35.8 Å². The standard InChI is InChI=1S/C10H11N5O/c1-6-2-3-15(14-6)10-8(9(12)16)4-7(11)5-13-10/h2-5H,11H2,1H3,(H2,12,16). The zero-order valence-corrected chi connectivity index (χ0v) is 8.71. The van der Waals surface area contributed by atoms with Crippen molar-refractivity contribution in [1.82, 2.24) is 14.8 Å². The molecule has 1 amide bonds. The van der Waals surface area contributed by atoms with E-state index < -0.39 is 5.91 Å². The fourth-order valence-corrected chi connectivity index (χ4v) is 1.37. The van der Waals surface area contributed by atoms with Crippen LogP contribution in [0.15, 0.2) is 24.5 Å². The maximum absolute atomic E-state index is 11.2. The highest BCUT2D eigenvalue weighted by atomic mass is 16.1. The van der Waals surface area contributed by atoms with Crippen LogP contribution >= 0.6 is 0 Å². The minimum Gasteiger partial charge on any atom is -0.397 e. The summed E-state index contributed by atoms with van der Waals surface area (Å²) in [4.78, 5) is 15.3. The minimum atomic E-state index is -0.581. The summed E-state index contributed by atoms with van der Waals surface area (Å²) in [6, 6.07) is 3.30. The molecular formula is C10H11N5O. The van der Waals surface area contributed by atoms with Gasteiger partial charge in [0.1, 0.15) is 0 Å². The third-order valence-electron chi connectivity index (χ3n) is 2.09. The number of aryl methyl sites for hydroxylation is 1. The summed E-state index contributed by atoms with van der Waals surface area (Å²) in [5, 5.41) is 4.16. The molecule has 6 nitrogen and oxygen atoms in total. The van der Waals surface area contributed by atoms with Crippen LogP contribution in [-0.4, -0.2) is 20.7 Å². The van der Waals surface area contributed by atoms with Crippen LogP contribution in [0, 0.1) is 6.92 Å². The molecule has 0 aliphatic carbocycles. The lowest BCUT2D eigenvalue weighted by Gasteiger charge is -2.06. The van der Waals surface area contributed by atoms with Gasteiger partial charge in [0.2, 0.25) is 0 Å². The number of hydrogen-bond acceptors (Lipinski definition) is 4. The van der Waals surface area contributed by atoms with E-state index in [0.717, 1.165) is 5.69 Å². The molecule has 2 rings (SSSR count). The van der Waals surface area contributed by atoms with Gasteiger partial charge in [-0.05, 0) is 19.1 Å². The second kappa shape index (κ2) is 3.65. The third kappa shape index (κ3) is 1.72. The Morgan fingerprint density at radius 2 is 2.25 bits per heavy atom. The third-order valence-corrected chi connectivity index (χ3v) is 2.09.